The summed E-state index contributed by atoms with van der Waals surface area (Å²) >= 11 is 5.60. The SMILES string of the molecule is CN1[C@@H]2CC[C@H]1CC(O)C2.Cl.O=C(O)Cc1ccc(Cl)cc1. The summed E-state index contributed by atoms with van der Waals surface area (Å²) in [7, 11) is 2.19. The van der Waals surface area contributed by atoms with Gasteiger partial charge in [-0.2, -0.15) is 0 Å². The average Bonchev–Trinajstić information content (AvgIpc) is 2.64. The van der Waals surface area contributed by atoms with Gasteiger partial charge in [0.25, 0.3) is 0 Å². The van der Waals surface area contributed by atoms with Gasteiger partial charge in [-0.25, -0.2) is 0 Å². The van der Waals surface area contributed by atoms with Crippen LogP contribution >= 0.6 is 24.0 Å². The molecule has 22 heavy (non-hydrogen) atoms. The molecule has 6 heteroatoms. The summed E-state index contributed by atoms with van der Waals surface area (Å²) in [6.07, 6.45) is 4.67. The van der Waals surface area contributed by atoms with Gasteiger partial charge < -0.3 is 15.1 Å². The molecule has 0 radical (unpaired) electrons. The molecule has 3 rings (SSSR count). The maximum atomic E-state index is 10.2. The highest BCUT2D eigenvalue weighted by atomic mass is 35.5. The molecule has 2 bridgehead atoms. The number of nitrogens with zero attached hydrogens (tertiary/aromatic N) is 1. The molecule has 2 N–H and O–H groups in total. The van der Waals surface area contributed by atoms with E-state index >= 15 is 0 Å². The Kier molecular flexibility index (Phi) is 7.63. The van der Waals surface area contributed by atoms with Crippen LogP contribution in [0.1, 0.15) is 31.2 Å². The molecule has 1 aromatic rings. The Morgan fingerprint density at radius 2 is 1.73 bits per heavy atom. The second-order valence-electron chi connectivity index (χ2n) is 5.87. The molecule has 2 fully saturated rings. The Labute approximate surface area is 142 Å². The van der Waals surface area contributed by atoms with E-state index in [-0.39, 0.29) is 24.9 Å². The molecule has 2 saturated heterocycles. The number of rotatable bonds is 2. The topological polar surface area (TPSA) is 60.8 Å². The Bertz CT molecular complexity index is 467. The van der Waals surface area contributed by atoms with Gasteiger partial charge in [-0.3, -0.25) is 4.79 Å². The van der Waals surface area contributed by atoms with Crippen molar-refractivity contribution in [1.29, 1.82) is 0 Å². The van der Waals surface area contributed by atoms with Crippen LogP contribution in [-0.2, 0) is 11.2 Å². The molecule has 0 aliphatic carbocycles. The van der Waals surface area contributed by atoms with Crippen molar-refractivity contribution in [3.8, 4) is 0 Å². The van der Waals surface area contributed by atoms with Crippen molar-refractivity contribution in [3.63, 3.8) is 0 Å². The van der Waals surface area contributed by atoms with Crippen molar-refractivity contribution in [2.75, 3.05) is 7.05 Å². The lowest BCUT2D eigenvalue weighted by Gasteiger charge is -2.33. The molecule has 2 aliphatic heterocycles. The molecule has 124 valence electrons. The van der Waals surface area contributed by atoms with Crippen molar-refractivity contribution in [2.24, 2.45) is 0 Å². The van der Waals surface area contributed by atoms with Crippen molar-refractivity contribution in [3.05, 3.63) is 34.9 Å². The summed E-state index contributed by atoms with van der Waals surface area (Å²) < 4.78 is 0. The minimum absolute atomic E-state index is 0. The maximum Gasteiger partial charge on any atom is 0.307 e. The highest BCUT2D eigenvalue weighted by molar-refractivity contribution is 6.30. The maximum absolute atomic E-state index is 10.2. The molecule has 0 spiro atoms. The first-order valence-corrected chi connectivity index (χ1v) is 7.69. The second kappa shape index (κ2) is 8.73. The second-order valence-corrected chi connectivity index (χ2v) is 6.31. The van der Waals surface area contributed by atoms with Gasteiger partial charge in [0.1, 0.15) is 0 Å². The monoisotopic (exact) mass is 347 g/mol. The predicted octanol–water partition coefficient (Wildman–Crippen LogP) is 2.99. The standard InChI is InChI=1S/C8H7ClO2.C8H15NO.ClH/c9-7-3-1-6(2-4-7)5-8(10)11;1-9-6-2-3-7(9)5-8(10)4-6;/h1-4H,5H2,(H,10,11);6-8,10H,2-5H2,1H3;1H/t;6-,7+,8?;. The fourth-order valence-electron chi connectivity index (χ4n) is 3.16. The fraction of sp³-hybridized carbons (Fsp3) is 0.562. The van der Waals surface area contributed by atoms with Gasteiger partial charge in [0.15, 0.2) is 0 Å². The third-order valence-corrected chi connectivity index (χ3v) is 4.59. The number of carboxylic acids is 1. The van der Waals surface area contributed by atoms with E-state index < -0.39 is 5.97 Å². The molecule has 0 amide bonds. The van der Waals surface area contributed by atoms with Crippen molar-refractivity contribution < 1.29 is 15.0 Å². The Hall–Kier alpha value is -0.810. The number of piperidine rings is 1. The Morgan fingerprint density at radius 1 is 1.23 bits per heavy atom. The number of hydrogen-bond acceptors (Lipinski definition) is 3. The number of benzene rings is 1. The van der Waals surface area contributed by atoms with Crippen LogP contribution in [0.15, 0.2) is 24.3 Å². The van der Waals surface area contributed by atoms with Crippen molar-refractivity contribution in [1.82, 2.24) is 4.90 Å². The van der Waals surface area contributed by atoms with E-state index in [4.69, 9.17) is 16.7 Å². The van der Waals surface area contributed by atoms with Gasteiger partial charge >= 0.3 is 5.97 Å². The largest absolute Gasteiger partial charge is 0.481 e. The summed E-state index contributed by atoms with van der Waals surface area (Å²) in [4.78, 5) is 12.7. The highest BCUT2D eigenvalue weighted by Gasteiger charge is 2.37. The van der Waals surface area contributed by atoms with Gasteiger partial charge in [-0.15, -0.1) is 12.4 Å². The lowest BCUT2D eigenvalue weighted by atomic mass is 10.0. The molecule has 1 aromatic carbocycles. The number of halogens is 2. The third kappa shape index (κ3) is 5.43. The van der Waals surface area contributed by atoms with Crippen LogP contribution in [0.4, 0.5) is 0 Å². The summed E-state index contributed by atoms with van der Waals surface area (Å²) in [5, 5.41) is 18.4. The van der Waals surface area contributed by atoms with E-state index in [1.165, 1.54) is 12.8 Å². The van der Waals surface area contributed by atoms with Crippen LogP contribution in [0.5, 0.6) is 0 Å². The predicted molar refractivity (Wildman–Crippen MR) is 89.9 cm³/mol. The number of aliphatic hydroxyl groups excluding tert-OH is 1. The minimum atomic E-state index is -0.827. The van der Waals surface area contributed by atoms with E-state index in [2.05, 4.69) is 11.9 Å². The molecule has 2 heterocycles. The van der Waals surface area contributed by atoms with Crippen LogP contribution in [-0.4, -0.2) is 46.3 Å². The summed E-state index contributed by atoms with van der Waals surface area (Å²) in [6, 6.07) is 8.15. The first-order valence-electron chi connectivity index (χ1n) is 7.32. The number of fused-ring (bicyclic) bond motifs is 2. The van der Waals surface area contributed by atoms with Gasteiger partial charge in [0.05, 0.1) is 12.5 Å². The fourth-order valence-corrected chi connectivity index (χ4v) is 3.29. The van der Waals surface area contributed by atoms with Crippen LogP contribution in [0.2, 0.25) is 5.02 Å². The quantitative estimate of drug-likeness (QED) is 0.863. The van der Waals surface area contributed by atoms with E-state index in [1.807, 2.05) is 0 Å². The first-order chi connectivity index (χ1) is 9.95. The molecule has 0 aromatic heterocycles. The van der Waals surface area contributed by atoms with Crippen LogP contribution in [0, 0.1) is 0 Å². The van der Waals surface area contributed by atoms with Gasteiger partial charge in [0.2, 0.25) is 0 Å². The van der Waals surface area contributed by atoms with Crippen LogP contribution in [0.3, 0.4) is 0 Å². The van der Waals surface area contributed by atoms with E-state index in [0.717, 1.165) is 18.4 Å². The molecule has 4 nitrogen and oxygen atoms in total. The third-order valence-electron chi connectivity index (χ3n) is 4.34. The normalized spacial score (nSPS) is 26.6. The zero-order valence-corrected chi connectivity index (χ0v) is 14.2. The van der Waals surface area contributed by atoms with E-state index in [9.17, 15) is 9.90 Å². The minimum Gasteiger partial charge on any atom is -0.481 e. The number of carbonyl (C=O) groups is 1. The first kappa shape index (κ1) is 19.2. The smallest absolute Gasteiger partial charge is 0.307 e. The molecular formula is C16H23Cl2NO3. The average molecular weight is 348 g/mol. The molecule has 2 aliphatic rings. The van der Waals surface area contributed by atoms with Gasteiger partial charge in [-0.05, 0) is 50.4 Å². The Balaban J connectivity index is 0.000000211. The molecule has 0 saturated carbocycles. The van der Waals surface area contributed by atoms with Gasteiger partial charge in [0, 0.05) is 17.1 Å². The number of aliphatic hydroxyl groups is 1. The zero-order chi connectivity index (χ0) is 15.4. The number of aliphatic carboxylic acids is 1. The highest BCUT2D eigenvalue weighted by Crippen LogP contribution is 2.33. The van der Waals surface area contributed by atoms with E-state index in [1.54, 1.807) is 24.3 Å². The number of carboxylic acid groups (broad SMARTS) is 1. The van der Waals surface area contributed by atoms with Crippen LogP contribution in [0.25, 0.3) is 0 Å². The summed E-state index contributed by atoms with van der Waals surface area (Å²) in [5.41, 5.74) is 0.766. The lowest BCUT2D eigenvalue weighted by Crippen LogP contribution is -2.41. The molecular weight excluding hydrogens is 325 g/mol. The molecule has 1 unspecified atom stereocenters. The zero-order valence-electron chi connectivity index (χ0n) is 12.6. The summed E-state index contributed by atoms with van der Waals surface area (Å²) in [6.45, 7) is 0. The van der Waals surface area contributed by atoms with Crippen molar-refractivity contribution in [2.45, 2.75) is 50.3 Å². The number of hydrogen-bond donors (Lipinski definition) is 2. The lowest BCUT2D eigenvalue weighted by molar-refractivity contribution is -0.136. The van der Waals surface area contributed by atoms with E-state index in [0.29, 0.717) is 17.1 Å². The van der Waals surface area contributed by atoms with Gasteiger partial charge in [-0.1, -0.05) is 23.7 Å². The Morgan fingerprint density at radius 3 is 2.18 bits per heavy atom. The van der Waals surface area contributed by atoms with Crippen LogP contribution < -0.4 is 0 Å². The summed E-state index contributed by atoms with van der Waals surface area (Å²) in [5.74, 6) is -0.827. The van der Waals surface area contributed by atoms with Crippen molar-refractivity contribution >= 4 is 30.0 Å². The molecule has 3 atom stereocenters.